The summed E-state index contributed by atoms with van der Waals surface area (Å²) in [7, 11) is 3.50. The van der Waals surface area contributed by atoms with Gasteiger partial charge in [-0.15, -0.1) is 11.8 Å². The van der Waals surface area contributed by atoms with Gasteiger partial charge in [0.05, 0.1) is 18.5 Å². The Hall–Kier alpha value is -1.03. The van der Waals surface area contributed by atoms with Crippen LogP contribution in [-0.4, -0.2) is 20.4 Å². The molecule has 0 aliphatic rings. The summed E-state index contributed by atoms with van der Waals surface area (Å²) in [5.74, 6) is 0.733. The molecule has 0 aromatic heterocycles. The maximum Gasteiger partial charge on any atom is 0.166 e. The topological polar surface area (TPSA) is 47.3 Å². The molecule has 3 N–H and O–H groups in total. The summed E-state index contributed by atoms with van der Waals surface area (Å²) in [6, 6.07) is 2.06. The minimum absolute atomic E-state index is 0.703. The van der Waals surface area contributed by atoms with Gasteiger partial charge in [0, 0.05) is 11.9 Å². The number of nitrogens with one attached hydrogen (secondary N) is 1. The third-order valence-electron chi connectivity index (χ3n) is 2.16. The maximum absolute atomic E-state index is 5.92. The van der Waals surface area contributed by atoms with E-state index < -0.39 is 0 Å². The van der Waals surface area contributed by atoms with Gasteiger partial charge in [-0.25, -0.2) is 0 Å². The monoisotopic (exact) mass is 212 g/mol. The second kappa shape index (κ2) is 4.46. The lowest BCUT2D eigenvalue weighted by atomic mass is 10.1. The fraction of sp³-hybridized carbons (Fsp3) is 0.400. The number of nitrogen functional groups attached to an aromatic ring is 1. The summed E-state index contributed by atoms with van der Waals surface area (Å²) in [5.41, 5.74) is 8.63. The summed E-state index contributed by atoms with van der Waals surface area (Å²) in [6.07, 6.45) is 2.03. The Morgan fingerprint density at radius 3 is 2.57 bits per heavy atom. The average Bonchev–Trinajstić information content (AvgIpc) is 2.20. The second-order valence-electron chi connectivity index (χ2n) is 2.97. The predicted octanol–water partition coefficient (Wildman–Crippen LogP) is 2.35. The molecule has 14 heavy (non-hydrogen) atoms. The van der Waals surface area contributed by atoms with E-state index in [0.29, 0.717) is 5.69 Å². The molecule has 0 heterocycles. The van der Waals surface area contributed by atoms with Gasteiger partial charge in [0.2, 0.25) is 0 Å². The van der Waals surface area contributed by atoms with Crippen LogP contribution in [0.15, 0.2) is 11.0 Å². The van der Waals surface area contributed by atoms with Crippen LogP contribution in [0.2, 0.25) is 0 Å². The number of anilines is 2. The first-order valence-corrected chi connectivity index (χ1v) is 5.57. The third-order valence-corrected chi connectivity index (χ3v) is 2.93. The first-order chi connectivity index (χ1) is 6.65. The zero-order valence-electron chi connectivity index (χ0n) is 8.97. The van der Waals surface area contributed by atoms with Crippen LogP contribution in [0.3, 0.4) is 0 Å². The zero-order valence-corrected chi connectivity index (χ0v) is 9.79. The molecule has 0 aliphatic carbocycles. The fourth-order valence-electron chi connectivity index (χ4n) is 1.38. The zero-order chi connectivity index (χ0) is 10.7. The van der Waals surface area contributed by atoms with E-state index in [2.05, 4.69) is 11.4 Å². The van der Waals surface area contributed by atoms with Crippen molar-refractivity contribution in [2.24, 2.45) is 0 Å². The summed E-state index contributed by atoms with van der Waals surface area (Å²) in [5, 5.41) is 3.11. The van der Waals surface area contributed by atoms with Crippen molar-refractivity contribution in [3.8, 4) is 5.75 Å². The first-order valence-electron chi connectivity index (χ1n) is 4.34. The molecular formula is C10H16N2OS. The number of nitrogens with two attached hydrogens (primary N) is 1. The van der Waals surface area contributed by atoms with Crippen molar-refractivity contribution in [2.45, 2.75) is 11.8 Å². The molecule has 0 amide bonds. The second-order valence-corrected chi connectivity index (χ2v) is 3.82. The molecule has 0 aliphatic heterocycles. The van der Waals surface area contributed by atoms with Gasteiger partial charge in [0.25, 0.3) is 0 Å². The van der Waals surface area contributed by atoms with Crippen molar-refractivity contribution in [1.29, 1.82) is 0 Å². The van der Waals surface area contributed by atoms with Crippen LogP contribution in [-0.2, 0) is 0 Å². The van der Waals surface area contributed by atoms with Crippen molar-refractivity contribution in [3.63, 3.8) is 0 Å². The number of rotatable bonds is 3. The van der Waals surface area contributed by atoms with Crippen LogP contribution in [0.1, 0.15) is 5.56 Å². The lowest BCUT2D eigenvalue weighted by Crippen LogP contribution is -2.01. The van der Waals surface area contributed by atoms with Gasteiger partial charge < -0.3 is 15.8 Å². The average molecular weight is 212 g/mol. The van der Waals surface area contributed by atoms with E-state index in [1.54, 1.807) is 18.9 Å². The predicted molar refractivity (Wildman–Crippen MR) is 63.5 cm³/mol. The van der Waals surface area contributed by atoms with Gasteiger partial charge in [-0.2, -0.15) is 0 Å². The molecule has 0 fully saturated rings. The lowest BCUT2D eigenvalue weighted by molar-refractivity contribution is 0.417. The summed E-state index contributed by atoms with van der Waals surface area (Å²) in [6.45, 7) is 1.98. The van der Waals surface area contributed by atoms with Gasteiger partial charge in [-0.1, -0.05) is 0 Å². The number of benzene rings is 1. The van der Waals surface area contributed by atoms with Crippen molar-refractivity contribution < 1.29 is 4.74 Å². The van der Waals surface area contributed by atoms with E-state index in [1.165, 1.54) is 0 Å². The number of hydrogen-bond acceptors (Lipinski definition) is 4. The summed E-state index contributed by atoms with van der Waals surface area (Å²) >= 11 is 1.67. The normalized spacial score (nSPS) is 10.0. The Bertz CT molecular complexity index is 339. The standard InChI is InChI=1S/C10H16N2OS/c1-6-5-7(14-4)9(12-2)10(13-3)8(6)11/h5,12H,11H2,1-4H3. The van der Waals surface area contributed by atoms with E-state index in [9.17, 15) is 0 Å². The van der Waals surface area contributed by atoms with E-state index in [4.69, 9.17) is 10.5 Å². The van der Waals surface area contributed by atoms with Gasteiger partial charge >= 0.3 is 0 Å². The highest BCUT2D eigenvalue weighted by Crippen LogP contribution is 2.40. The van der Waals surface area contributed by atoms with E-state index >= 15 is 0 Å². The molecule has 0 atom stereocenters. The van der Waals surface area contributed by atoms with Gasteiger partial charge in [0.15, 0.2) is 5.75 Å². The molecule has 1 rings (SSSR count). The lowest BCUT2D eigenvalue weighted by Gasteiger charge is -2.16. The molecule has 0 bridgehead atoms. The van der Waals surface area contributed by atoms with Crippen molar-refractivity contribution in [3.05, 3.63) is 11.6 Å². The highest BCUT2D eigenvalue weighted by atomic mass is 32.2. The third kappa shape index (κ3) is 1.75. The minimum atomic E-state index is 0.703. The van der Waals surface area contributed by atoms with Crippen LogP contribution in [0.5, 0.6) is 5.75 Å². The molecule has 1 aromatic carbocycles. The molecule has 0 radical (unpaired) electrons. The molecule has 0 saturated carbocycles. The van der Waals surface area contributed by atoms with Crippen molar-refractivity contribution in [1.82, 2.24) is 0 Å². The molecule has 0 saturated heterocycles. The smallest absolute Gasteiger partial charge is 0.166 e. The number of thioether (sulfide) groups is 1. The highest BCUT2D eigenvalue weighted by Gasteiger charge is 2.13. The molecule has 4 heteroatoms. The Morgan fingerprint density at radius 2 is 2.14 bits per heavy atom. The molecule has 0 spiro atoms. The Morgan fingerprint density at radius 1 is 1.50 bits per heavy atom. The minimum Gasteiger partial charge on any atom is -0.492 e. The summed E-state index contributed by atoms with van der Waals surface area (Å²) < 4.78 is 5.29. The number of aryl methyl sites for hydroxylation is 1. The van der Waals surface area contributed by atoms with Crippen LogP contribution in [0, 0.1) is 6.92 Å². The number of hydrogen-bond donors (Lipinski definition) is 2. The summed E-state index contributed by atoms with van der Waals surface area (Å²) in [4.78, 5) is 1.15. The number of methoxy groups -OCH3 is 1. The van der Waals surface area contributed by atoms with E-state index in [1.807, 2.05) is 20.2 Å². The van der Waals surface area contributed by atoms with Crippen molar-refractivity contribution >= 4 is 23.1 Å². The van der Waals surface area contributed by atoms with Crippen LogP contribution in [0.25, 0.3) is 0 Å². The fourth-order valence-corrected chi connectivity index (χ4v) is 2.08. The van der Waals surface area contributed by atoms with Gasteiger partial charge in [0.1, 0.15) is 0 Å². The van der Waals surface area contributed by atoms with Gasteiger partial charge in [-0.3, -0.25) is 0 Å². The first kappa shape index (κ1) is 11.0. The maximum atomic E-state index is 5.92. The van der Waals surface area contributed by atoms with E-state index in [0.717, 1.165) is 21.9 Å². The largest absolute Gasteiger partial charge is 0.492 e. The Labute approximate surface area is 89.0 Å². The van der Waals surface area contributed by atoms with E-state index in [-0.39, 0.29) is 0 Å². The molecular weight excluding hydrogens is 196 g/mol. The number of ether oxygens (including phenoxy) is 1. The molecule has 0 unspecified atom stereocenters. The SMILES string of the molecule is CNc1c(SC)cc(C)c(N)c1OC. The Balaban J connectivity index is 3.42. The Kier molecular flexibility index (Phi) is 3.52. The van der Waals surface area contributed by atoms with Crippen LogP contribution >= 0.6 is 11.8 Å². The molecule has 78 valence electrons. The molecule has 3 nitrogen and oxygen atoms in total. The van der Waals surface area contributed by atoms with Gasteiger partial charge in [-0.05, 0) is 24.8 Å². The van der Waals surface area contributed by atoms with Crippen molar-refractivity contribution in [2.75, 3.05) is 31.5 Å². The highest BCUT2D eigenvalue weighted by molar-refractivity contribution is 7.98. The molecule has 1 aromatic rings. The quantitative estimate of drug-likeness (QED) is 0.596. The van der Waals surface area contributed by atoms with Crippen LogP contribution in [0.4, 0.5) is 11.4 Å². The van der Waals surface area contributed by atoms with Crippen LogP contribution < -0.4 is 15.8 Å².